The molecule has 0 aromatic rings. The van der Waals surface area contributed by atoms with Gasteiger partial charge in [0.2, 0.25) is 5.91 Å². The average molecular weight is 313 g/mol. The summed E-state index contributed by atoms with van der Waals surface area (Å²) in [5.74, 6) is -1.10. The molecule has 2 unspecified atom stereocenters. The van der Waals surface area contributed by atoms with Crippen LogP contribution in [-0.2, 0) is 14.3 Å². The van der Waals surface area contributed by atoms with Gasteiger partial charge in [0, 0.05) is 0 Å². The highest BCUT2D eigenvalue weighted by Crippen LogP contribution is 2.23. The van der Waals surface area contributed by atoms with Gasteiger partial charge in [-0.3, -0.25) is 9.59 Å². The van der Waals surface area contributed by atoms with Gasteiger partial charge in [0.05, 0.1) is 18.1 Å². The molecule has 1 fully saturated rings. The standard InChI is InChI=1S/C17H31NO4/c1-12(2)17(4,11-15(19)20)18-16(21)13(3)22-14-9-7-5-6-8-10-14/h12-14H,5-11H2,1-4H3,(H,18,21)(H,19,20). The van der Waals surface area contributed by atoms with Crippen molar-refractivity contribution in [2.75, 3.05) is 0 Å². The van der Waals surface area contributed by atoms with Gasteiger partial charge in [-0.1, -0.05) is 39.5 Å². The Bertz CT molecular complexity index is 375. The number of hydrogen-bond acceptors (Lipinski definition) is 3. The summed E-state index contributed by atoms with van der Waals surface area (Å²) in [5, 5.41) is 11.9. The molecule has 5 heteroatoms. The highest BCUT2D eigenvalue weighted by molar-refractivity contribution is 5.82. The molecule has 5 nitrogen and oxygen atoms in total. The zero-order valence-corrected chi connectivity index (χ0v) is 14.4. The van der Waals surface area contributed by atoms with Crippen LogP contribution in [0.3, 0.4) is 0 Å². The Morgan fingerprint density at radius 1 is 1.18 bits per heavy atom. The summed E-state index contributed by atoms with van der Waals surface area (Å²) in [6.07, 6.45) is 6.32. The maximum absolute atomic E-state index is 12.4. The molecule has 0 spiro atoms. The number of carbonyl (C=O) groups is 2. The first-order valence-electron chi connectivity index (χ1n) is 8.44. The van der Waals surface area contributed by atoms with Crippen LogP contribution in [-0.4, -0.2) is 34.7 Å². The van der Waals surface area contributed by atoms with Crippen LogP contribution in [0.25, 0.3) is 0 Å². The summed E-state index contributed by atoms with van der Waals surface area (Å²) in [7, 11) is 0. The highest BCUT2D eigenvalue weighted by atomic mass is 16.5. The lowest BCUT2D eigenvalue weighted by atomic mass is 9.85. The Morgan fingerprint density at radius 2 is 1.73 bits per heavy atom. The van der Waals surface area contributed by atoms with Gasteiger partial charge in [-0.2, -0.15) is 0 Å². The first-order chi connectivity index (χ1) is 10.2. The Hall–Kier alpha value is -1.10. The SMILES string of the molecule is CC(OC1CCCCCC1)C(=O)NC(C)(CC(=O)O)C(C)C. The molecule has 1 saturated carbocycles. The van der Waals surface area contributed by atoms with E-state index in [0.29, 0.717) is 0 Å². The van der Waals surface area contributed by atoms with Crippen LogP contribution in [0, 0.1) is 5.92 Å². The van der Waals surface area contributed by atoms with Gasteiger partial charge in [-0.25, -0.2) is 0 Å². The molecule has 1 aliphatic rings. The van der Waals surface area contributed by atoms with E-state index in [1.54, 1.807) is 13.8 Å². The Labute approximate surface area is 133 Å². The Kier molecular flexibility index (Phi) is 7.33. The molecule has 1 aliphatic carbocycles. The van der Waals surface area contributed by atoms with E-state index in [1.807, 2.05) is 13.8 Å². The molecule has 0 aliphatic heterocycles. The fraction of sp³-hybridized carbons (Fsp3) is 0.882. The predicted octanol–water partition coefficient (Wildman–Crippen LogP) is 3.12. The highest BCUT2D eigenvalue weighted by Gasteiger charge is 2.34. The number of aliphatic carboxylic acids is 1. The van der Waals surface area contributed by atoms with E-state index in [4.69, 9.17) is 9.84 Å². The first-order valence-corrected chi connectivity index (χ1v) is 8.44. The number of carboxylic acids is 1. The quantitative estimate of drug-likeness (QED) is 0.708. The van der Waals surface area contributed by atoms with Crippen molar-refractivity contribution in [1.82, 2.24) is 5.32 Å². The van der Waals surface area contributed by atoms with Crippen molar-refractivity contribution >= 4 is 11.9 Å². The summed E-state index contributed by atoms with van der Waals surface area (Å²) >= 11 is 0. The van der Waals surface area contributed by atoms with Crippen molar-refractivity contribution in [3.8, 4) is 0 Å². The van der Waals surface area contributed by atoms with Crippen molar-refractivity contribution in [1.29, 1.82) is 0 Å². The largest absolute Gasteiger partial charge is 0.481 e. The van der Waals surface area contributed by atoms with E-state index in [1.165, 1.54) is 12.8 Å². The van der Waals surface area contributed by atoms with Gasteiger partial charge in [-0.15, -0.1) is 0 Å². The minimum atomic E-state index is -0.908. The first kappa shape index (κ1) is 18.9. The lowest BCUT2D eigenvalue weighted by molar-refractivity contribution is -0.142. The number of carbonyl (C=O) groups excluding carboxylic acids is 1. The van der Waals surface area contributed by atoms with Crippen molar-refractivity contribution < 1.29 is 19.4 Å². The number of nitrogens with one attached hydrogen (secondary N) is 1. The minimum Gasteiger partial charge on any atom is -0.481 e. The maximum atomic E-state index is 12.4. The van der Waals surface area contributed by atoms with Crippen molar-refractivity contribution in [2.24, 2.45) is 5.92 Å². The van der Waals surface area contributed by atoms with E-state index in [9.17, 15) is 9.59 Å². The van der Waals surface area contributed by atoms with Crippen molar-refractivity contribution in [3.63, 3.8) is 0 Å². The zero-order valence-electron chi connectivity index (χ0n) is 14.4. The van der Waals surface area contributed by atoms with Crippen LogP contribution in [0.15, 0.2) is 0 Å². The molecule has 2 N–H and O–H groups in total. The topological polar surface area (TPSA) is 75.6 Å². The molecule has 0 bridgehead atoms. The summed E-state index contributed by atoms with van der Waals surface area (Å²) in [6, 6.07) is 0. The van der Waals surface area contributed by atoms with E-state index < -0.39 is 17.6 Å². The molecule has 0 radical (unpaired) electrons. The minimum absolute atomic E-state index is 0.0256. The third-order valence-electron chi connectivity index (χ3n) is 4.77. The summed E-state index contributed by atoms with van der Waals surface area (Å²) in [5.41, 5.74) is -0.760. The fourth-order valence-corrected chi connectivity index (χ4v) is 2.82. The van der Waals surface area contributed by atoms with Crippen molar-refractivity contribution in [2.45, 2.75) is 90.4 Å². The monoisotopic (exact) mass is 313 g/mol. The van der Waals surface area contributed by atoms with Crippen LogP contribution in [0.5, 0.6) is 0 Å². The molecule has 1 rings (SSSR count). The molecular weight excluding hydrogens is 282 g/mol. The molecule has 0 heterocycles. The molecule has 0 aromatic heterocycles. The number of hydrogen-bond donors (Lipinski definition) is 2. The number of ether oxygens (including phenoxy) is 1. The lowest BCUT2D eigenvalue weighted by Crippen LogP contribution is -2.54. The van der Waals surface area contributed by atoms with E-state index >= 15 is 0 Å². The normalized spacial score (nSPS) is 21.0. The lowest BCUT2D eigenvalue weighted by Gasteiger charge is -2.35. The van der Waals surface area contributed by atoms with Gasteiger partial charge in [0.15, 0.2) is 0 Å². The Morgan fingerprint density at radius 3 is 2.18 bits per heavy atom. The number of rotatable bonds is 7. The molecule has 0 saturated heterocycles. The molecule has 0 aromatic carbocycles. The molecular formula is C17H31NO4. The van der Waals surface area contributed by atoms with E-state index in [0.717, 1.165) is 25.7 Å². The smallest absolute Gasteiger partial charge is 0.305 e. The summed E-state index contributed by atoms with van der Waals surface area (Å²) < 4.78 is 5.90. The fourth-order valence-electron chi connectivity index (χ4n) is 2.82. The molecule has 22 heavy (non-hydrogen) atoms. The van der Waals surface area contributed by atoms with Crippen LogP contribution < -0.4 is 5.32 Å². The van der Waals surface area contributed by atoms with Crippen LogP contribution in [0.2, 0.25) is 0 Å². The third-order valence-corrected chi connectivity index (χ3v) is 4.77. The van der Waals surface area contributed by atoms with Gasteiger partial charge < -0.3 is 15.2 Å². The van der Waals surface area contributed by atoms with Gasteiger partial charge in [-0.05, 0) is 32.6 Å². The van der Waals surface area contributed by atoms with Crippen LogP contribution in [0.1, 0.15) is 72.6 Å². The zero-order chi connectivity index (χ0) is 16.8. The summed E-state index contributed by atoms with van der Waals surface area (Å²) in [6.45, 7) is 7.36. The second kappa shape index (κ2) is 8.51. The van der Waals surface area contributed by atoms with Crippen LogP contribution >= 0.6 is 0 Å². The van der Waals surface area contributed by atoms with Crippen molar-refractivity contribution in [3.05, 3.63) is 0 Å². The number of amides is 1. The molecule has 2 atom stereocenters. The van der Waals surface area contributed by atoms with E-state index in [2.05, 4.69) is 5.32 Å². The van der Waals surface area contributed by atoms with Gasteiger partial charge in [0.25, 0.3) is 0 Å². The van der Waals surface area contributed by atoms with Gasteiger partial charge >= 0.3 is 5.97 Å². The van der Waals surface area contributed by atoms with Gasteiger partial charge in [0.1, 0.15) is 6.10 Å². The Balaban J connectivity index is 2.58. The molecule has 1 amide bonds. The van der Waals surface area contributed by atoms with E-state index in [-0.39, 0.29) is 24.3 Å². The maximum Gasteiger partial charge on any atom is 0.305 e. The third kappa shape index (κ3) is 5.95. The second-order valence-electron chi connectivity index (χ2n) is 7.02. The average Bonchev–Trinajstić information content (AvgIpc) is 2.66. The predicted molar refractivity (Wildman–Crippen MR) is 85.7 cm³/mol. The number of carboxylic acid groups (broad SMARTS) is 1. The summed E-state index contributed by atoms with van der Waals surface area (Å²) in [4.78, 5) is 23.4. The second-order valence-corrected chi connectivity index (χ2v) is 7.02. The molecule has 128 valence electrons. The van der Waals surface area contributed by atoms with Crippen LogP contribution in [0.4, 0.5) is 0 Å².